The summed E-state index contributed by atoms with van der Waals surface area (Å²) >= 11 is 0. The summed E-state index contributed by atoms with van der Waals surface area (Å²) in [5, 5.41) is 7.27. The van der Waals surface area contributed by atoms with Crippen molar-refractivity contribution >= 4 is 17.7 Å². The summed E-state index contributed by atoms with van der Waals surface area (Å²) in [7, 11) is 0. The molecule has 1 atom stereocenters. The Balaban J connectivity index is 1.49. The van der Waals surface area contributed by atoms with Gasteiger partial charge in [0.05, 0.1) is 0 Å². The highest BCUT2D eigenvalue weighted by Gasteiger charge is 2.32. The van der Waals surface area contributed by atoms with E-state index >= 15 is 0 Å². The number of hydrogen-bond acceptors (Lipinski definition) is 4. The molecule has 3 heterocycles. The highest BCUT2D eigenvalue weighted by molar-refractivity contribution is 5.99. The third-order valence-corrected chi connectivity index (χ3v) is 6.17. The lowest BCUT2D eigenvalue weighted by Gasteiger charge is -2.26. The van der Waals surface area contributed by atoms with Gasteiger partial charge in [-0.25, -0.2) is 0 Å². The number of nitrogens with zero attached hydrogens (tertiary/aromatic N) is 4. The van der Waals surface area contributed by atoms with E-state index in [4.69, 9.17) is 0 Å². The molecule has 8 heteroatoms. The van der Waals surface area contributed by atoms with Gasteiger partial charge in [-0.1, -0.05) is 44.2 Å². The summed E-state index contributed by atoms with van der Waals surface area (Å²) < 4.78 is 1.62. The molecule has 4 rings (SSSR count). The predicted molar refractivity (Wildman–Crippen MR) is 120 cm³/mol. The standard InChI is InChI=1S/C24H31N5O3/c1-17(2)21(24(32)27-11-6-7-12-27)25-22(30)19-15-20-23(31)28(13-8-14-29(20)26-19)16-18-9-4-3-5-10-18/h3-5,9-10,15,17,21H,6-8,11-14,16H2,1-2H3,(H,25,30). The summed E-state index contributed by atoms with van der Waals surface area (Å²) in [5.41, 5.74) is 1.65. The number of rotatable bonds is 6. The van der Waals surface area contributed by atoms with Crippen molar-refractivity contribution in [2.45, 2.75) is 52.2 Å². The Kier molecular flexibility index (Phi) is 6.58. The molecule has 0 aliphatic carbocycles. The first-order chi connectivity index (χ1) is 15.4. The fourth-order valence-electron chi connectivity index (χ4n) is 4.36. The second-order valence-electron chi connectivity index (χ2n) is 8.93. The van der Waals surface area contributed by atoms with Gasteiger partial charge in [-0.2, -0.15) is 5.10 Å². The largest absolute Gasteiger partial charge is 0.341 e. The van der Waals surface area contributed by atoms with Crippen LogP contribution in [-0.2, 0) is 17.9 Å². The molecule has 0 bridgehead atoms. The maximum absolute atomic E-state index is 13.2. The Hall–Kier alpha value is -3.16. The van der Waals surface area contributed by atoms with Crippen molar-refractivity contribution in [3.8, 4) is 0 Å². The normalized spacial score (nSPS) is 17.3. The maximum atomic E-state index is 13.2. The van der Waals surface area contributed by atoms with Crippen molar-refractivity contribution in [3.05, 3.63) is 53.3 Å². The van der Waals surface area contributed by atoms with Gasteiger partial charge in [0.2, 0.25) is 5.91 Å². The minimum Gasteiger partial charge on any atom is -0.341 e. The van der Waals surface area contributed by atoms with Crippen LogP contribution in [0.25, 0.3) is 0 Å². The zero-order valence-corrected chi connectivity index (χ0v) is 18.8. The summed E-state index contributed by atoms with van der Waals surface area (Å²) in [5.74, 6) is -0.641. The van der Waals surface area contributed by atoms with Crippen LogP contribution < -0.4 is 5.32 Å². The van der Waals surface area contributed by atoms with E-state index < -0.39 is 11.9 Å². The minimum atomic E-state index is -0.604. The molecule has 8 nitrogen and oxygen atoms in total. The van der Waals surface area contributed by atoms with Crippen molar-refractivity contribution in [2.75, 3.05) is 19.6 Å². The van der Waals surface area contributed by atoms with E-state index in [0.717, 1.165) is 37.9 Å². The number of benzene rings is 1. The SMILES string of the molecule is CC(C)C(NC(=O)c1cc2n(n1)CCCN(Cc1ccccc1)C2=O)C(=O)N1CCCC1. The number of fused-ring (bicyclic) bond motifs is 1. The molecule has 1 aromatic heterocycles. The zero-order valence-electron chi connectivity index (χ0n) is 18.8. The van der Waals surface area contributed by atoms with E-state index in [1.54, 1.807) is 15.6 Å². The molecule has 2 aromatic rings. The smallest absolute Gasteiger partial charge is 0.272 e. The lowest BCUT2D eigenvalue weighted by molar-refractivity contribution is -0.133. The van der Waals surface area contributed by atoms with E-state index in [1.165, 1.54) is 0 Å². The molecule has 1 aromatic carbocycles. The quantitative estimate of drug-likeness (QED) is 0.751. The van der Waals surface area contributed by atoms with Crippen LogP contribution in [0.4, 0.5) is 0 Å². The third-order valence-electron chi connectivity index (χ3n) is 6.17. The van der Waals surface area contributed by atoms with E-state index in [9.17, 15) is 14.4 Å². The highest BCUT2D eigenvalue weighted by Crippen LogP contribution is 2.18. The number of carbonyl (C=O) groups is 3. The second-order valence-corrected chi connectivity index (χ2v) is 8.93. The van der Waals surface area contributed by atoms with Crippen molar-refractivity contribution in [1.29, 1.82) is 0 Å². The lowest BCUT2D eigenvalue weighted by Crippen LogP contribution is -2.50. The van der Waals surface area contributed by atoms with Gasteiger partial charge in [0.25, 0.3) is 11.8 Å². The first-order valence-electron chi connectivity index (χ1n) is 11.4. The van der Waals surface area contributed by atoms with Gasteiger partial charge in [0.15, 0.2) is 5.69 Å². The fourth-order valence-corrected chi connectivity index (χ4v) is 4.36. The highest BCUT2D eigenvalue weighted by atomic mass is 16.2. The Morgan fingerprint density at radius 1 is 1.03 bits per heavy atom. The first-order valence-corrected chi connectivity index (χ1v) is 11.4. The molecule has 2 aliphatic heterocycles. The molecule has 2 aliphatic rings. The number of likely N-dealkylation sites (tertiary alicyclic amines) is 1. The van der Waals surface area contributed by atoms with E-state index in [1.807, 2.05) is 49.1 Å². The topological polar surface area (TPSA) is 87.5 Å². The molecular formula is C24H31N5O3. The van der Waals surface area contributed by atoms with Crippen LogP contribution in [0.5, 0.6) is 0 Å². The van der Waals surface area contributed by atoms with E-state index in [0.29, 0.717) is 25.3 Å². The van der Waals surface area contributed by atoms with Crippen LogP contribution in [0.2, 0.25) is 0 Å². The number of carbonyl (C=O) groups excluding carboxylic acids is 3. The van der Waals surface area contributed by atoms with Crippen LogP contribution in [0.3, 0.4) is 0 Å². The molecule has 170 valence electrons. The second kappa shape index (κ2) is 9.54. The van der Waals surface area contributed by atoms with Gasteiger partial charge in [-0.15, -0.1) is 0 Å². The molecular weight excluding hydrogens is 406 g/mol. The number of aromatic nitrogens is 2. The third kappa shape index (κ3) is 4.69. The van der Waals surface area contributed by atoms with Crippen molar-refractivity contribution < 1.29 is 14.4 Å². The van der Waals surface area contributed by atoms with Crippen molar-refractivity contribution in [1.82, 2.24) is 24.9 Å². The van der Waals surface area contributed by atoms with Crippen LogP contribution in [0.15, 0.2) is 36.4 Å². The van der Waals surface area contributed by atoms with Crippen LogP contribution in [0, 0.1) is 5.92 Å². The van der Waals surface area contributed by atoms with Gasteiger partial charge >= 0.3 is 0 Å². The van der Waals surface area contributed by atoms with Gasteiger partial charge in [-0.05, 0) is 30.7 Å². The molecule has 1 saturated heterocycles. The molecule has 3 amide bonds. The number of nitrogens with one attached hydrogen (secondary N) is 1. The molecule has 1 N–H and O–H groups in total. The molecule has 0 radical (unpaired) electrons. The van der Waals surface area contributed by atoms with Crippen molar-refractivity contribution in [2.24, 2.45) is 5.92 Å². The summed E-state index contributed by atoms with van der Waals surface area (Å²) in [6.07, 6.45) is 2.76. The maximum Gasteiger partial charge on any atom is 0.272 e. The van der Waals surface area contributed by atoms with Crippen LogP contribution in [0.1, 0.15) is 59.7 Å². The van der Waals surface area contributed by atoms with Gasteiger partial charge in [0, 0.05) is 38.8 Å². The van der Waals surface area contributed by atoms with Crippen molar-refractivity contribution in [3.63, 3.8) is 0 Å². The lowest BCUT2D eigenvalue weighted by atomic mass is 10.0. The minimum absolute atomic E-state index is 0.0447. The predicted octanol–water partition coefficient (Wildman–Crippen LogP) is 2.31. The summed E-state index contributed by atoms with van der Waals surface area (Å²) in [6, 6.07) is 10.8. The Morgan fingerprint density at radius 3 is 2.44 bits per heavy atom. The number of amides is 3. The monoisotopic (exact) mass is 437 g/mol. The molecule has 0 spiro atoms. The Labute approximate surface area is 188 Å². The van der Waals surface area contributed by atoms with Crippen LogP contribution in [-0.4, -0.2) is 63.0 Å². The average Bonchev–Trinajstić information content (AvgIpc) is 3.44. The fraction of sp³-hybridized carbons (Fsp3) is 0.500. The molecule has 1 unspecified atom stereocenters. The molecule has 0 saturated carbocycles. The van der Waals surface area contributed by atoms with Gasteiger partial charge < -0.3 is 15.1 Å². The summed E-state index contributed by atoms with van der Waals surface area (Å²) in [6.45, 7) is 7.05. The summed E-state index contributed by atoms with van der Waals surface area (Å²) in [4.78, 5) is 42.6. The molecule has 32 heavy (non-hydrogen) atoms. The number of hydrogen-bond donors (Lipinski definition) is 1. The van der Waals surface area contributed by atoms with E-state index in [2.05, 4.69) is 10.4 Å². The number of aryl methyl sites for hydroxylation is 1. The average molecular weight is 438 g/mol. The zero-order chi connectivity index (χ0) is 22.7. The molecule has 1 fully saturated rings. The Bertz CT molecular complexity index is 979. The first kappa shape index (κ1) is 22.0. The van der Waals surface area contributed by atoms with E-state index in [-0.39, 0.29) is 23.4 Å². The van der Waals surface area contributed by atoms with Gasteiger partial charge in [0.1, 0.15) is 11.7 Å². The van der Waals surface area contributed by atoms with Crippen LogP contribution >= 0.6 is 0 Å². The Morgan fingerprint density at radius 2 is 1.75 bits per heavy atom. The van der Waals surface area contributed by atoms with Gasteiger partial charge in [-0.3, -0.25) is 19.1 Å².